The van der Waals surface area contributed by atoms with Gasteiger partial charge in [0.25, 0.3) is 0 Å². The summed E-state index contributed by atoms with van der Waals surface area (Å²) in [6.07, 6.45) is 2.39. The van der Waals surface area contributed by atoms with E-state index in [9.17, 15) is 4.79 Å². The number of hydrogen-bond donors (Lipinski definition) is 0. The van der Waals surface area contributed by atoms with E-state index < -0.39 is 0 Å². The summed E-state index contributed by atoms with van der Waals surface area (Å²) in [6.45, 7) is 3.13. The highest BCUT2D eigenvalue weighted by Gasteiger charge is 2.39. The zero-order valence-corrected chi connectivity index (χ0v) is 10.6. The summed E-state index contributed by atoms with van der Waals surface area (Å²) < 4.78 is 0. The Morgan fingerprint density at radius 1 is 1.41 bits per heavy atom. The Balaban J connectivity index is 2.02. The van der Waals surface area contributed by atoms with Gasteiger partial charge in [0.15, 0.2) is 0 Å². The minimum Gasteiger partial charge on any atom is -0.323 e. The molecule has 2 heterocycles. The van der Waals surface area contributed by atoms with Crippen LogP contribution in [-0.4, -0.2) is 67.0 Å². The molecule has 5 heteroatoms. The quantitative estimate of drug-likeness (QED) is 0.659. The van der Waals surface area contributed by atoms with E-state index in [-0.39, 0.29) is 18.6 Å². The molecule has 2 saturated heterocycles. The van der Waals surface area contributed by atoms with Crippen molar-refractivity contribution >= 4 is 6.03 Å². The standard InChI is InChI=1S/C12H20N4O/c1-14-6-3-4-10(8-14)11-9-16(7-5-13)12(17)15(11)2/h10-11H,3-4,6-9H2,1-2H3. The summed E-state index contributed by atoms with van der Waals surface area (Å²) in [7, 11) is 3.99. The molecule has 2 fully saturated rings. The normalized spacial score (nSPS) is 30.8. The summed E-state index contributed by atoms with van der Waals surface area (Å²) >= 11 is 0. The van der Waals surface area contributed by atoms with Gasteiger partial charge in [0.05, 0.1) is 12.1 Å². The Labute approximate surface area is 103 Å². The van der Waals surface area contributed by atoms with Gasteiger partial charge in [0.2, 0.25) is 0 Å². The molecule has 0 aromatic heterocycles. The van der Waals surface area contributed by atoms with Crippen molar-refractivity contribution in [1.29, 1.82) is 5.26 Å². The van der Waals surface area contributed by atoms with Gasteiger partial charge < -0.3 is 14.7 Å². The van der Waals surface area contributed by atoms with Gasteiger partial charge in [-0.15, -0.1) is 0 Å². The molecule has 2 unspecified atom stereocenters. The zero-order chi connectivity index (χ0) is 12.4. The summed E-state index contributed by atoms with van der Waals surface area (Å²) in [4.78, 5) is 17.7. The Kier molecular flexibility index (Phi) is 3.53. The second-order valence-corrected chi connectivity index (χ2v) is 5.16. The maximum Gasteiger partial charge on any atom is 0.321 e. The van der Waals surface area contributed by atoms with E-state index in [1.165, 1.54) is 12.8 Å². The van der Waals surface area contributed by atoms with Gasteiger partial charge in [0.1, 0.15) is 6.54 Å². The fourth-order valence-electron chi connectivity index (χ4n) is 2.99. The number of nitrogens with zero attached hydrogens (tertiary/aromatic N) is 4. The van der Waals surface area contributed by atoms with Crippen LogP contribution in [0.25, 0.3) is 0 Å². The molecular formula is C12H20N4O. The number of hydrogen-bond acceptors (Lipinski definition) is 3. The van der Waals surface area contributed by atoms with Crippen molar-refractivity contribution in [3.63, 3.8) is 0 Å². The van der Waals surface area contributed by atoms with Crippen LogP contribution in [0.15, 0.2) is 0 Å². The van der Waals surface area contributed by atoms with E-state index in [1.807, 2.05) is 11.9 Å². The van der Waals surface area contributed by atoms with Crippen LogP contribution >= 0.6 is 0 Å². The molecule has 94 valence electrons. The van der Waals surface area contributed by atoms with Crippen molar-refractivity contribution in [2.45, 2.75) is 18.9 Å². The first-order valence-corrected chi connectivity index (χ1v) is 6.20. The van der Waals surface area contributed by atoms with Gasteiger partial charge in [-0.25, -0.2) is 4.79 Å². The first-order chi connectivity index (χ1) is 8.13. The molecule has 2 amide bonds. The van der Waals surface area contributed by atoms with E-state index in [0.29, 0.717) is 12.5 Å². The average Bonchev–Trinajstić information content (AvgIpc) is 2.58. The lowest BCUT2D eigenvalue weighted by molar-refractivity contribution is 0.141. The lowest BCUT2D eigenvalue weighted by Crippen LogP contribution is -2.44. The monoisotopic (exact) mass is 236 g/mol. The molecule has 17 heavy (non-hydrogen) atoms. The van der Waals surface area contributed by atoms with Crippen molar-refractivity contribution in [2.75, 3.05) is 40.3 Å². The van der Waals surface area contributed by atoms with Gasteiger partial charge in [-0.3, -0.25) is 0 Å². The highest BCUT2D eigenvalue weighted by molar-refractivity contribution is 5.77. The van der Waals surface area contributed by atoms with Crippen LogP contribution in [0.4, 0.5) is 4.79 Å². The fourth-order valence-corrected chi connectivity index (χ4v) is 2.99. The van der Waals surface area contributed by atoms with Crippen LogP contribution < -0.4 is 0 Å². The zero-order valence-electron chi connectivity index (χ0n) is 10.6. The Bertz CT molecular complexity index is 338. The first kappa shape index (κ1) is 12.2. The predicted molar refractivity (Wildman–Crippen MR) is 64.4 cm³/mol. The molecule has 2 rings (SSSR count). The van der Waals surface area contributed by atoms with E-state index in [4.69, 9.17) is 5.26 Å². The number of rotatable bonds is 2. The molecule has 0 spiro atoms. The van der Waals surface area contributed by atoms with Crippen LogP contribution in [-0.2, 0) is 0 Å². The molecular weight excluding hydrogens is 216 g/mol. The smallest absolute Gasteiger partial charge is 0.321 e. The van der Waals surface area contributed by atoms with Crippen molar-refractivity contribution in [3.8, 4) is 6.07 Å². The van der Waals surface area contributed by atoms with Gasteiger partial charge in [-0.2, -0.15) is 5.26 Å². The van der Waals surface area contributed by atoms with Crippen LogP contribution in [0.1, 0.15) is 12.8 Å². The molecule has 0 saturated carbocycles. The van der Waals surface area contributed by atoms with Crippen LogP contribution in [0.5, 0.6) is 0 Å². The Morgan fingerprint density at radius 2 is 2.18 bits per heavy atom. The van der Waals surface area contributed by atoms with Gasteiger partial charge in [-0.1, -0.05) is 0 Å². The number of likely N-dealkylation sites (tertiary alicyclic amines) is 1. The number of amides is 2. The largest absolute Gasteiger partial charge is 0.323 e. The van der Waals surface area contributed by atoms with Crippen LogP contribution in [0, 0.1) is 17.2 Å². The summed E-state index contributed by atoms with van der Waals surface area (Å²) in [6, 6.07) is 2.34. The summed E-state index contributed by atoms with van der Waals surface area (Å²) in [5.74, 6) is 0.548. The van der Waals surface area contributed by atoms with E-state index in [0.717, 1.165) is 13.1 Å². The maximum absolute atomic E-state index is 11.9. The van der Waals surface area contributed by atoms with Crippen molar-refractivity contribution in [2.24, 2.45) is 5.92 Å². The number of carbonyl (C=O) groups is 1. The highest BCUT2D eigenvalue weighted by Crippen LogP contribution is 2.26. The van der Waals surface area contributed by atoms with E-state index in [2.05, 4.69) is 18.0 Å². The summed E-state index contributed by atoms with van der Waals surface area (Å²) in [5.41, 5.74) is 0. The fraction of sp³-hybridized carbons (Fsp3) is 0.833. The number of likely N-dealkylation sites (N-methyl/N-ethyl adjacent to an activating group) is 1. The van der Waals surface area contributed by atoms with Crippen molar-refractivity contribution < 1.29 is 4.79 Å². The Morgan fingerprint density at radius 3 is 2.82 bits per heavy atom. The maximum atomic E-state index is 11.9. The molecule has 2 atom stereocenters. The van der Waals surface area contributed by atoms with Gasteiger partial charge in [0, 0.05) is 20.1 Å². The van der Waals surface area contributed by atoms with Gasteiger partial charge >= 0.3 is 6.03 Å². The molecule has 0 bridgehead atoms. The second kappa shape index (κ2) is 4.92. The third-order valence-corrected chi connectivity index (χ3v) is 3.94. The lowest BCUT2D eigenvalue weighted by Gasteiger charge is -2.35. The molecule has 2 aliphatic heterocycles. The number of urea groups is 1. The van der Waals surface area contributed by atoms with E-state index in [1.54, 1.807) is 4.90 Å². The molecule has 5 nitrogen and oxygen atoms in total. The predicted octanol–water partition coefficient (Wildman–Crippen LogP) is 0.588. The minimum atomic E-state index is 0.00442. The lowest BCUT2D eigenvalue weighted by atomic mass is 9.90. The summed E-state index contributed by atoms with van der Waals surface area (Å²) in [5, 5.41) is 8.70. The van der Waals surface area contributed by atoms with Gasteiger partial charge in [-0.05, 0) is 32.4 Å². The topological polar surface area (TPSA) is 50.6 Å². The molecule has 0 aromatic rings. The SMILES string of the molecule is CN1CCCC(C2CN(CC#N)C(=O)N2C)C1. The second-order valence-electron chi connectivity index (χ2n) is 5.16. The van der Waals surface area contributed by atoms with Crippen molar-refractivity contribution in [3.05, 3.63) is 0 Å². The molecule has 0 N–H and O–H groups in total. The first-order valence-electron chi connectivity index (χ1n) is 6.20. The molecule has 0 radical (unpaired) electrons. The molecule has 0 aromatic carbocycles. The average molecular weight is 236 g/mol. The highest BCUT2D eigenvalue weighted by atomic mass is 16.2. The van der Waals surface area contributed by atoms with Crippen LogP contribution in [0.3, 0.4) is 0 Å². The third kappa shape index (κ3) is 2.37. The Hall–Kier alpha value is -1.28. The molecule has 2 aliphatic rings. The third-order valence-electron chi connectivity index (χ3n) is 3.94. The van der Waals surface area contributed by atoms with E-state index >= 15 is 0 Å². The number of piperidine rings is 1. The van der Waals surface area contributed by atoms with Crippen molar-refractivity contribution in [1.82, 2.24) is 14.7 Å². The number of carbonyl (C=O) groups excluding carboxylic acids is 1. The minimum absolute atomic E-state index is 0.00442. The number of nitriles is 1. The molecule has 0 aliphatic carbocycles. The van der Waals surface area contributed by atoms with Crippen LogP contribution in [0.2, 0.25) is 0 Å².